The molecule has 1 fully saturated rings. The van der Waals surface area contributed by atoms with Crippen molar-refractivity contribution in [2.45, 2.75) is 56.3 Å². The number of carboxylic acid groups (broad SMARTS) is 1. The number of aliphatic carboxylic acids is 1. The van der Waals surface area contributed by atoms with Gasteiger partial charge in [0.25, 0.3) is 0 Å². The number of carbonyl (C=O) groups excluding carboxylic acids is 1. The first-order chi connectivity index (χ1) is 12.1. The quantitative estimate of drug-likeness (QED) is 0.649. The fourth-order valence-corrected chi connectivity index (χ4v) is 4.19. The van der Waals surface area contributed by atoms with Gasteiger partial charge >= 0.3 is 5.97 Å². The molecular weight excluding hydrogens is 360 g/mol. The van der Waals surface area contributed by atoms with Crippen LogP contribution in [0.2, 0.25) is 0 Å². The molecule has 1 unspecified atom stereocenters. The molecule has 1 heterocycles. The molecule has 1 saturated heterocycles. The molecule has 1 aromatic rings. The molecule has 1 atom stereocenters. The smallest absolute Gasteiger partial charge is 0.310 e. The van der Waals surface area contributed by atoms with Crippen LogP contribution < -0.4 is 0 Å². The van der Waals surface area contributed by atoms with Crippen molar-refractivity contribution in [1.29, 1.82) is 0 Å². The zero-order valence-corrected chi connectivity index (χ0v) is 15.8. The second-order valence-corrected chi connectivity index (χ2v) is 8.87. The van der Waals surface area contributed by atoms with E-state index < -0.39 is 34.1 Å². The summed E-state index contributed by atoms with van der Waals surface area (Å²) >= 11 is 0. The zero-order chi connectivity index (χ0) is 19.4. The maximum Gasteiger partial charge on any atom is 0.310 e. The lowest BCUT2D eigenvalue weighted by atomic mass is 10.1. The summed E-state index contributed by atoms with van der Waals surface area (Å²) in [6.45, 7) is 3.74. The molecule has 1 aliphatic heterocycles. The Morgan fingerprint density at radius 2 is 1.88 bits per heavy atom. The molecule has 0 bridgehead atoms. The second-order valence-electron chi connectivity index (χ2n) is 6.84. The van der Waals surface area contributed by atoms with Crippen LogP contribution >= 0.6 is 0 Å². The lowest BCUT2D eigenvalue weighted by Gasteiger charge is -2.17. The minimum absolute atomic E-state index is 0.139. The van der Waals surface area contributed by atoms with Crippen LogP contribution in [0.5, 0.6) is 0 Å². The van der Waals surface area contributed by atoms with Crippen molar-refractivity contribution in [3.8, 4) is 0 Å². The maximum atomic E-state index is 12.5. The molecule has 144 valence electrons. The highest BCUT2D eigenvalue weighted by molar-refractivity contribution is 7.91. The van der Waals surface area contributed by atoms with Gasteiger partial charge in [0.15, 0.2) is 15.6 Å². The van der Waals surface area contributed by atoms with Crippen molar-refractivity contribution in [2.75, 3.05) is 12.4 Å². The van der Waals surface area contributed by atoms with Gasteiger partial charge in [-0.3, -0.25) is 9.59 Å². The first-order valence-electron chi connectivity index (χ1n) is 8.44. The van der Waals surface area contributed by atoms with Gasteiger partial charge in [-0.15, -0.1) is 0 Å². The number of hydrogen-bond acceptors (Lipinski definition) is 6. The lowest BCUT2D eigenvalue weighted by Crippen LogP contribution is -2.26. The summed E-state index contributed by atoms with van der Waals surface area (Å²) in [7, 11) is -3.48. The number of ether oxygens (including phenoxy) is 2. The SMILES string of the molecule is CC1(C)OCC(CS(=O)(=O)c2ccc(CCCC(=O)CC(=O)O)cc2)O1. The van der Waals surface area contributed by atoms with Crippen LogP contribution in [0, 0.1) is 0 Å². The van der Waals surface area contributed by atoms with Crippen LogP contribution in [0.3, 0.4) is 0 Å². The lowest BCUT2D eigenvalue weighted by molar-refractivity contribution is -0.140. The summed E-state index contributed by atoms with van der Waals surface area (Å²) in [5.74, 6) is -2.33. The Labute approximate surface area is 153 Å². The van der Waals surface area contributed by atoms with Crippen LogP contribution in [-0.2, 0) is 35.3 Å². The van der Waals surface area contributed by atoms with Crippen LogP contribution in [-0.4, -0.2) is 49.5 Å². The summed E-state index contributed by atoms with van der Waals surface area (Å²) < 4.78 is 35.9. The van der Waals surface area contributed by atoms with Crippen LogP contribution in [0.25, 0.3) is 0 Å². The molecule has 0 amide bonds. The molecule has 0 spiro atoms. The number of Topliss-reactive ketones (excluding diaryl/α,β-unsaturated/α-hetero) is 1. The van der Waals surface area contributed by atoms with Crippen molar-refractivity contribution >= 4 is 21.6 Å². The largest absolute Gasteiger partial charge is 0.481 e. The molecular formula is C18H24O7S. The number of rotatable bonds is 9. The first-order valence-corrected chi connectivity index (χ1v) is 10.1. The van der Waals surface area contributed by atoms with Crippen molar-refractivity contribution < 1.29 is 32.6 Å². The average Bonchev–Trinajstić information content (AvgIpc) is 2.85. The Hall–Kier alpha value is -1.77. The molecule has 8 heteroatoms. The van der Waals surface area contributed by atoms with Gasteiger partial charge in [-0.25, -0.2) is 8.42 Å². The van der Waals surface area contributed by atoms with E-state index >= 15 is 0 Å². The summed E-state index contributed by atoms with van der Waals surface area (Å²) in [5, 5.41) is 8.54. The fraction of sp³-hybridized carbons (Fsp3) is 0.556. The molecule has 26 heavy (non-hydrogen) atoms. The van der Waals surface area contributed by atoms with E-state index in [9.17, 15) is 18.0 Å². The van der Waals surface area contributed by atoms with Gasteiger partial charge in [-0.2, -0.15) is 0 Å². The molecule has 1 N–H and O–H groups in total. The van der Waals surface area contributed by atoms with Crippen molar-refractivity contribution in [3.63, 3.8) is 0 Å². The highest BCUT2D eigenvalue weighted by atomic mass is 32.2. The number of carboxylic acids is 1. The number of hydrogen-bond donors (Lipinski definition) is 1. The van der Waals surface area contributed by atoms with Gasteiger partial charge in [-0.05, 0) is 44.4 Å². The summed E-state index contributed by atoms with van der Waals surface area (Å²) in [6, 6.07) is 6.52. The molecule has 1 aliphatic rings. The van der Waals surface area contributed by atoms with Gasteiger partial charge in [0.05, 0.1) is 23.4 Å². The summed E-state index contributed by atoms with van der Waals surface area (Å²) in [5.41, 5.74) is 0.897. The second kappa shape index (κ2) is 8.28. The Balaban J connectivity index is 1.88. The molecule has 7 nitrogen and oxygen atoms in total. The summed E-state index contributed by atoms with van der Waals surface area (Å²) in [4.78, 5) is 22.0. The molecule has 2 rings (SSSR count). The van der Waals surface area contributed by atoms with Crippen LogP contribution in [0.1, 0.15) is 38.7 Å². The van der Waals surface area contributed by atoms with Gasteiger partial charge in [0.1, 0.15) is 12.2 Å². The number of sulfone groups is 1. The number of aryl methyl sites for hydroxylation is 1. The molecule has 0 radical (unpaired) electrons. The molecule has 0 aromatic heterocycles. The number of benzene rings is 1. The normalized spacial score (nSPS) is 19.4. The Bertz CT molecular complexity index is 750. The van der Waals surface area contributed by atoms with Crippen LogP contribution in [0.15, 0.2) is 29.2 Å². The minimum Gasteiger partial charge on any atom is -0.481 e. The monoisotopic (exact) mass is 384 g/mol. The van der Waals surface area contributed by atoms with Crippen molar-refractivity contribution in [2.24, 2.45) is 0 Å². The van der Waals surface area contributed by atoms with Crippen molar-refractivity contribution in [1.82, 2.24) is 0 Å². The Morgan fingerprint density at radius 3 is 2.42 bits per heavy atom. The highest BCUT2D eigenvalue weighted by Gasteiger charge is 2.35. The fourth-order valence-electron chi connectivity index (χ4n) is 2.80. The third-order valence-corrected chi connectivity index (χ3v) is 5.83. The van der Waals surface area contributed by atoms with E-state index in [1.54, 1.807) is 38.1 Å². The Morgan fingerprint density at radius 1 is 1.23 bits per heavy atom. The predicted molar refractivity (Wildman–Crippen MR) is 93.6 cm³/mol. The van der Waals surface area contributed by atoms with Gasteiger partial charge < -0.3 is 14.6 Å². The van der Waals surface area contributed by atoms with E-state index in [-0.39, 0.29) is 29.5 Å². The van der Waals surface area contributed by atoms with Crippen molar-refractivity contribution in [3.05, 3.63) is 29.8 Å². The minimum atomic E-state index is -3.48. The predicted octanol–water partition coefficient (Wildman–Crippen LogP) is 1.98. The van der Waals surface area contributed by atoms with E-state index in [1.165, 1.54) is 0 Å². The highest BCUT2D eigenvalue weighted by Crippen LogP contribution is 2.25. The third kappa shape index (κ3) is 6.19. The number of carbonyl (C=O) groups is 2. The van der Waals surface area contributed by atoms with E-state index in [2.05, 4.69) is 0 Å². The molecule has 0 aliphatic carbocycles. The van der Waals surface area contributed by atoms with E-state index in [0.717, 1.165) is 5.56 Å². The van der Waals surface area contributed by atoms with Gasteiger partial charge in [0, 0.05) is 6.42 Å². The topological polar surface area (TPSA) is 107 Å². The molecule has 1 aromatic carbocycles. The summed E-state index contributed by atoms with van der Waals surface area (Å²) in [6.07, 6.45) is 0.358. The maximum absolute atomic E-state index is 12.5. The van der Waals surface area contributed by atoms with Gasteiger partial charge in [-0.1, -0.05) is 12.1 Å². The number of ketones is 1. The first kappa shape index (κ1) is 20.5. The standard InChI is InChI=1S/C18H24O7S/c1-18(2)24-11-15(25-18)12-26(22,23)16-8-6-13(7-9-16)4-3-5-14(19)10-17(20)21/h6-9,15H,3-5,10-12H2,1-2H3,(H,20,21). The van der Waals surface area contributed by atoms with Crippen LogP contribution in [0.4, 0.5) is 0 Å². The van der Waals surface area contributed by atoms with Gasteiger partial charge in [0.2, 0.25) is 0 Å². The molecule has 0 saturated carbocycles. The Kier molecular flexibility index (Phi) is 6.54. The van der Waals surface area contributed by atoms with E-state index in [0.29, 0.717) is 12.8 Å². The van der Waals surface area contributed by atoms with E-state index in [4.69, 9.17) is 14.6 Å². The average molecular weight is 384 g/mol. The van der Waals surface area contributed by atoms with E-state index in [1.807, 2.05) is 0 Å². The third-order valence-electron chi connectivity index (χ3n) is 4.02. The zero-order valence-electron chi connectivity index (χ0n) is 14.9.